The molecule has 1 unspecified atom stereocenters. The van der Waals surface area contributed by atoms with Crippen molar-refractivity contribution in [1.82, 2.24) is 9.78 Å². The number of hydrogen-bond acceptors (Lipinski definition) is 4. The minimum Gasteiger partial charge on any atom is -0.480 e. The number of benzene rings is 1. The van der Waals surface area contributed by atoms with E-state index in [0.29, 0.717) is 16.5 Å². The first-order valence-electron chi connectivity index (χ1n) is 5.77. The second kappa shape index (κ2) is 4.90. The number of aromatic nitrogens is 2. The molecule has 1 atom stereocenters. The molecule has 0 saturated carbocycles. The Balaban J connectivity index is 1.88. The molecule has 0 N–H and O–H groups in total. The highest BCUT2D eigenvalue weighted by atomic mass is 35.5. The summed E-state index contributed by atoms with van der Waals surface area (Å²) in [5.74, 6) is 1.19. The molecular weight excluding hydrogens is 284 g/mol. The molecule has 0 radical (unpaired) electrons. The van der Waals surface area contributed by atoms with Crippen LogP contribution >= 0.6 is 23.4 Å². The van der Waals surface area contributed by atoms with Gasteiger partial charge in [-0.15, -0.1) is 11.8 Å². The van der Waals surface area contributed by atoms with Gasteiger partial charge in [0.15, 0.2) is 6.10 Å². The molecule has 0 aliphatic carbocycles. The number of aryl methyl sites for hydroxylation is 1. The van der Waals surface area contributed by atoms with Crippen LogP contribution in [0.1, 0.15) is 10.5 Å². The third kappa shape index (κ3) is 2.24. The molecule has 0 amide bonds. The molecule has 3 rings (SSSR count). The Kier molecular flexibility index (Phi) is 3.24. The topological polar surface area (TPSA) is 44.1 Å². The summed E-state index contributed by atoms with van der Waals surface area (Å²) in [6.07, 6.45) is 0.950. The molecule has 4 nitrogen and oxygen atoms in total. The van der Waals surface area contributed by atoms with E-state index in [1.807, 2.05) is 24.3 Å². The van der Waals surface area contributed by atoms with Crippen LogP contribution in [-0.2, 0) is 7.05 Å². The fourth-order valence-corrected chi connectivity index (χ4v) is 3.23. The number of ether oxygens (including phenoxy) is 1. The molecule has 19 heavy (non-hydrogen) atoms. The lowest BCUT2D eigenvalue weighted by atomic mass is 10.2. The molecule has 0 fully saturated rings. The van der Waals surface area contributed by atoms with E-state index in [4.69, 9.17) is 16.3 Å². The van der Waals surface area contributed by atoms with E-state index in [1.54, 1.807) is 18.8 Å². The molecule has 6 heteroatoms. The van der Waals surface area contributed by atoms with Gasteiger partial charge in [0.05, 0.1) is 11.2 Å². The van der Waals surface area contributed by atoms with Gasteiger partial charge in [0, 0.05) is 17.7 Å². The Bertz CT molecular complexity index is 622. The molecule has 0 saturated heterocycles. The van der Waals surface area contributed by atoms with Gasteiger partial charge < -0.3 is 4.74 Å². The quantitative estimate of drug-likeness (QED) is 0.799. The van der Waals surface area contributed by atoms with Gasteiger partial charge >= 0.3 is 0 Å². The number of hydrogen-bond donors (Lipinski definition) is 0. The zero-order valence-corrected chi connectivity index (χ0v) is 11.7. The van der Waals surface area contributed by atoms with Crippen molar-refractivity contribution < 1.29 is 9.53 Å². The average molecular weight is 295 g/mol. The lowest BCUT2D eigenvalue weighted by Gasteiger charge is -2.24. The van der Waals surface area contributed by atoms with E-state index in [-0.39, 0.29) is 5.78 Å². The Hall–Kier alpha value is -1.46. The van der Waals surface area contributed by atoms with Gasteiger partial charge in [0.1, 0.15) is 11.4 Å². The summed E-state index contributed by atoms with van der Waals surface area (Å²) >= 11 is 7.61. The average Bonchev–Trinajstić information content (AvgIpc) is 2.77. The van der Waals surface area contributed by atoms with E-state index in [0.717, 1.165) is 10.6 Å². The molecule has 0 bridgehead atoms. The van der Waals surface area contributed by atoms with Crippen molar-refractivity contribution in [3.05, 3.63) is 41.2 Å². The highest BCUT2D eigenvalue weighted by molar-refractivity contribution is 7.99. The molecule has 98 valence electrons. The van der Waals surface area contributed by atoms with E-state index >= 15 is 0 Å². The van der Waals surface area contributed by atoms with Crippen molar-refractivity contribution in [3.63, 3.8) is 0 Å². The van der Waals surface area contributed by atoms with E-state index < -0.39 is 6.10 Å². The third-order valence-electron chi connectivity index (χ3n) is 2.93. The van der Waals surface area contributed by atoms with Gasteiger partial charge in [0.2, 0.25) is 5.78 Å². The number of Topliss-reactive ketones (excluding diaryl/α,β-unsaturated/α-hetero) is 1. The zero-order valence-electron chi connectivity index (χ0n) is 10.2. The largest absolute Gasteiger partial charge is 0.480 e. The lowest BCUT2D eigenvalue weighted by Crippen LogP contribution is -2.33. The summed E-state index contributed by atoms with van der Waals surface area (Å²) in [5.41, 5.74) is 0.395. The Morgan fingerprint density at radius 2 is 2.32 bits per heavy atom. The fourth-order valence-electron chi connectivity index (χ4n) is 1.99. The number of halogens is 1. The van der Waals surface area contributed by atoms with Gasteiger partial charge in [-0.1, -0.05) is 23.7 Å². The standard InChI is InChI=1S/C13H11ClN2O2S/c1-16-12(8(14)6-15-16)13(17)10-7-19-11-5-3-2-4-9(11)18-10/h2-6,10H,7H2,1H3. The number of rotatable bonds is 2. The first kappa shape index (κ1) is 12.6. The molecular formula is C13H11ClN2O2S. The molecule has 1 aromatic carbocycles. The minimum atomic E-state index is -0.521. The van der Waals surface area contributed by atoms with Crippen LogP contribution in [0.5, 0.6) is 5.75 Å². The first-order chi connectivity index (χ1) is 9.16. The third-order valence-corrected chi connectivity index (χ3v) is 4.32. The molecule has 1 aromatic heterocycles. The van der Waals surface area contributed by atoms with Crippen molar-refractivity contribution in [1.29, 1.82) is 0 Å². The van der Waals surface area contributed by atoms with Crippen LogP contribution in [0.3, 0.4) is 0 Å². The lowest BCUT2D eigenvalue weighted by molar-refractivity contribution is 0.0805. The number of thioether (sulfide) groups is 1. The van der Waals surface area contributed by atoms with E-state index in [2.05, 4.69) is 5.10 Å². The van der Waals surface area contributed by atoms with Gasteiger partial charge in [-0.25, -0.2) is 0 Å². The number of nitrogens with zero attached hydrogens (tertiary/aromatic N) is 2. The van der Waals surface area contributed by atoms with Gasteiger partial charge in [-0.2, -0.15) is 5.10 Å². The zero-order chi connectivity index (χ0) is 13.4. The number of carbonyl (C=O) groups is 1. The van der Waals surface area contributed by atoms with Gasteiger partial charge in [-0.05, 0) is 12.1 Å². The Morgan fingerprint density at radius 1 is 1.53 bits per heavy atom. The smallest absolute Gasteiger partial charge is 0.223 e. The highest BCUT2D eigenvalue weighted by Gasteiger charge is 2.30. The predicted octanol–water partition coefficient (Wildman–Crippen LogP) is 2.81. The normalized spacial score (nSPS) is 17.7. The number of para-hydroxylation sites is 1. The molecule has 1 aliphatic rings. The van der Waals surface area contributed by atoms with Crippen molar-refractivity contribution in [2.75, 3.05) is 5.75 Å². The van der Waals surface area contributed by atoms with Crippen molar-refractivity contribution in [2.24, 2.45) is 7.05 Å². The Morgan fingerprint density at radius 3 is 3.05 bits per heavy atom. The molecule has 1 aliphatic heterocycles. The minimum absolute atomic E-state index is 0.132. The van der Waals surface area contributed by atoms with E-state index in [1.165, 1.54) is 10.9 Å². The Labute approximate surface area is 119 Å². The monoisotopic (exact) mass is 294 g/mol. The van der Waals surface area contributed by atoms with Crippen LogP contribution in [0.4, 0.5) is 0 Å². The van der Waals surface area contributed by atoms with Crippen LogP contribution in [0.2, 0.25) is 5.02 Å². The predicted molar refractivity (Wildman–Crippen MR) is 74.1 cm³/mol. The van der Waals surface area contributed by atoms with E-state index in [9.17, 15) is 4.79 Å². The number of fused-ring (bicyclic) bond motifs is 1. The highest BCUT2D eigenvalue weighted by Crippen LogP contribution is 2.36. The van der Waals surface area contributed by atoms with Gasteiger partial charge in [-0.3, -0.25) is 9.48 Å². The summed E-state index contributed by atoms with van der Waals surface area (Å²) in [6.45, 7) is 0. The van der Waals surface area contributed by atoms with Crippen LogP contribution < -0.4 is 4.74 Å². The maximum atomic E-state index is 12.4. The summed E-state index contributed by atoms with van der Waals surface area (Å²) in [6, 6.07) is 7.70. The van der Waals surface area contributed by atoms with Crippen molar-refractivity contribution in [2.45, 2.75) is 11.0 Å². The SMILES string of the molecule is Cn1ncc(Cl)c1C(=O)C1CSc2ccccc2O1. The summed E-state index contributed by atoms with van der Waals surface area (Å²) < 4.78 is 7.24. The number of carbonyl (C=O) groups excluding carboxylic acids is 1. The summed E-state index contributed by atoms with van der Waals surface area (Å²) in [5, 5.41) is 4.34. The number of ketones is 1. The van der Waals surface area contributed by atoms with Crippen LogP contribution in [0, 0.1) is 0 Å². The molecule has 0 spiro atoms. The van der Waals surface area contributed by atoms with Crippen LogP contribution in [0.25, 0.3) is 0 Å². The fraction of sp³-hybridized carbons (Fsp3) is 0.231. The second-order valence-corrected chi connectivity index (χ2v) is 5.66. The van der Waals surface area contributed by atoms with Crippen LogP contribution in [-0.4, -0.2) is 27.4 Å². The first-order valence-corrected chi connectivity index (χ1v) is 7.13. The van der Waals surface area contributed by atoms with Crippen LogP contribution in [0.15, 0.2) is 35.4 Å². The second-order valence-electron chi connectivity index (χ2n) is 4.19. The van der Waals surface area contributed by atoms with Crippen molar-refractivity contribution in [3.8, 4) is 5.75 Å². The van der Waals surface area contributed by atoms with Crippen molar-refractivity contribution >= 4 is 29.1 Å². The maximum Gasteiger partial charge on any atom is 0.223 e. The maximum absolute atomic E-state index is 12.4. The molecule has 2 heterocycles. The summed E-state index contributed by atoms with van der Waals surface area (Å²) in [4.78, 5) is 13.5. The van der Waals surface area contributed by atoms with Gasteiger partial charge in [0.25, 0.3) is 0 Å². The summed E-state index contributed by atoms with van der Waals surface area (Å²) in [7, 11) is 1.70. The molecule has 2 aromatic rings.